The molecule has 2 fully saturated rings. The van der Waals surface area contributed by atoms with Crippen LogP contribution in [0, 0.1) is 11.3 Å². The third kappa shape index (κ3) is 6.14. The van der Waals surface area contributed by atoms with Crippen LogP contribution in [-0.4, -0.2) is 48.4 Å². The molecule has 1 saturated heterocycles. The summed E-state index contributed by atoms with van der Waals surface area (Å²) in [5.74, 6) is 0.570. The maximum absolute atomic E-state index is 12.6. The largest absolute Gasteiger partial charge is 0.489 e. The van der Waals surface area contributed by atoms with E-state index in [1.165, 1.54) is 48.0 Å². The average molecular weight is 520 g/mol. The van der Waals surface area contributed by atoms with Crippen molar-refractivity contribution in [2.45, 2.75) is 77.7 Å². The first kappa shape index (κ1) is 26.9. The van der Waals surface area contributed by atoms with Crippen molar-refractivity contribution in [1.82, 2.24) is 4.90 Å². The van der Waals surface area contributed by atoms with Crippen molar-refractivity contribution in [2.75, 3.05) is 26.3 Å². The van der Waals surface area contributed by atoms with Gasteiger partial charge in [-0.1, -0.05) is 37.6 Å². The van der Waals surface area contributed by atoms with Crippen molar-refractivity contribution in [2.24, 2.45) is 11.3 Å². The predicted octanol–water partition coefficient (Wildman–Crippen LogP) is 7.55. The minimum Gasteiger partial charge on any atom is -0.489 e. The maximum atomic E-state index is 12.6. The van der Waals surface area contributed by atoms with E-state index in [4.69, 9.17) is 4.74 Å². The van der Waals surface area contributed by atoms with Crippen molar-refractivity contribution in [1.29, 1.82) is 0 Å². The highest BCUT2D eigenvalue weighted by molar-refractivity contribution is 5.91. The fourth-order valence-corrected chi connectivity index (χ4v) is 6.74. The molecule has 0 amide bonds. The number of fused-ring (bicyclic) bond motifs is 1. The van der Waals surface area contributed by atoms with Crippen LogP contribution >= 0.6 is 0 Å². The van der Waals surface area contributed by atoms with Crippen LogP contribution in [0.15, 0.2) is 48.0 Å². The second-order valence-corrected chi connectivity index (χ2v) is 12.3. The number of rotatable bonds is 8. The van der Waals surface area contributed by atoms with E-state index < -0.39 is 5.97 Å². The van der Waals surface area contributed by atoms with Gasteiger partial charge in [0.25, 0.3) is 0 Å². The number of hydrogen-bond acceptors (Lipinski definition) is 3. The van der Waals surface area contributed by atoms with Gasteiger partial charge in [-0.25, -0.2) is 4.79 Å². The van der Waals surface area contributed by atoms with Gasteiger partial charge in [0.15, 0.2) is 0 Å². The summed E-state index contributed by atoms with van der Waals surface area (Å²) < 4.78 is 19.1. The Balaban J connectivity index is 1.49. The highest BCUT2D eigenvalue weighted by atomic mass is 19.1. The van der Waals surface area contributed by atoms with Crippen molar-refractivity contribution in [3.63, 3.8) is 0 Å². The lowest BCUT2D eigenvalue weighted by molar-refractivity contribution is 0.0696. The Morgan fingerprint density at radius 3 is 2.68 bits per heavy atom. The SMILES string of the molecule is CC1(C)CCC(C2=C(c3cccc(O[C@@H]4CCN(CCCF)C4)c3)c3ccc(C(=O)O)cc3CCC2)CC1. The van der Waals surface area contributed by atoms with Gasteiger partial charge in [-0.3, -0.25) is 9.29 Å². The predicted molar refractivity (Wildman–Crippen MR) is 151 cm³/mol. The van der Waals surface area contributed by atoms with Gasteiger partial charge in [0.1, 0.15) is 11.9 Å². The molecule has 0 aromatic heterocycles. The van der Waals surface area contributed by atoms with Crippen LogP contribution in [0.1, 0.15) is 92.3 Å². The van der Waals surface area contributed by atoms with E-state index in [0.717, 1.165) is 56.6 Å². The summed E-state index contributed by atoms with van der Waals surface area (Å²) in [5, 5.41) is 9.63. The second-order valence-electron chi connectivity index (χ2n) is 12.3. The summed E-state index contributed by atoms with van der Waals surface area (Å²) in [7, 11) is 0. The van der Waals surface area contributed by atoms with Crippen LogP contribution in [0.4, 0.5) is 4.39 Å². The van der Waals surface area contributed by atoms with E-state index in [0.29, 0.717) is 23.3 Å². The normalized spacial score (nSPS) is 22.2. The van der Waals surface area contributed by atoms with Gasteiger partial charge in [0, 0.05) is 19.6 Å². The molecule has 1 heterocycles. The molecule has 2 aliphatic carbocycles. The Hall–Kier alpha value is -2.66. The Kier molecular flexibility index (Phi) is 8.23. The van der Waals surface area contributed by atoms with Crippen LogP contribution in [-0.2, 0) is 6.42 Å². The van der Waals surface area contributed by atoms with Crippen LogP contribution < -0.4 is 4.74 Å². The Morgan fingerprint density at radius 2 is 1.92 bits per heavy atom. The number of benzene rings is 2. The summed E-state index contributed by atoms with van der Waals surface area (Å²) in [4.78, 5) is 14.0. The van der Waals surface area contributed by atoms with Crippen LogP contribution in [0.2, 0.25) is 0 Å². The molecule has 1 N–H and O–H groups in total. The quantitative estimate of drug-likeness (QED) is 0.391. The molecule has 4 nitrogen and oxygen atoms in total. The number of likely N-dealkylation sites (tertiary alicyclic amines) is 1. The standard InChI is InChI=1S/C33H42FNO3/c1-33(2)15-12-23(13-16-33)29-9-4-6-24-20-26(32(36)37)10-11-30(24)31(29)25-7-3-8-27(21-25)38-28-14-19-35(22-28)18-5-17-34/h3,7-8,10-11,20-21,23,28H,4-6,9,12-19,22H2,1-2H3,(H,36,37)/t28-/m1/s1. The fraction of sp³-hybridized carbons (Fsp3) is 0.545. The molecule has 38 heavy (non-hydrogen) atoms. The lowest BCUT2D eigenvalue weighted by Crippen LogP contribution is -2.26. The molecule has 0 unspecified atom stereocenters. The number of allylic oxidation sites excluding steroid dienone is 1. The zero-order valence-corrected chi connectivity index (χ0v) is 23.0. The Labute approximate surface area is 226 Å². The number of carboxylic acid groups (broad SMARTS) is 1. The number of hydrogen-bond donors (Lipinski definition) is 1. The first-order chi connectivity index (χ1) is 18.3. The van der Waals surface area contributed by atoms with Crippen molar-refractivity contribution in [3.8, 4) is 5.75 Å². The van der Waals surface area contributed by atoms with Gasteiger partial charge in [-0.2, -0.15) is 0 Å². The Bertz CT molecular complexity index is 1180. The molecular formula is C33H42FNO3. The maximum Gasteiger partial charge on any atom is 0.335 e. The molecule has 1 saturated carbocycles. The van der Waals surface area contributed by atoms with Gasteiger partial charge >= 0.3 is 5.97 Å². The molecule has 0 radical (unpaired) electrons. The number of carbonyl (C=O) groups is 1. The number of aryl methyl sites for hydroxylation is 1. The van der Waals surface area contributed by atoms with Crippen molar-refractivity contribution in [3.05, 3.63) is 70.3 Å². The zero-order chi connectivity index (χ0) is 26.7. The van der Waals surface area contributed by atoms with Gasteiger partial charge in [-0.05, 0) is 116 Å². The number of ether oxygens (including phenoxy) is 1. The van der Waals surface area contributed by atoms with Gasteiger partial charge < -0.3 is 9.84 Å². The summed E-state index contributed by atoms with van der Waals surface area (Å²) in [5.41, 5.74) is 7.09. The van der Waals surface area contributed by atoms with E-state index in [1.54, 1.807) is 6.07 Å². The van der Waals surface area contributed by atoms with E-state index in [2.05, 4.69) is 36.9 Å². The smallest absolute Gasteiger partial charge is 0.335 e. The number of alkyl halides is 1. The Morgan fingerprint density at radius 1 is 1.11 bits per heavy atom. The van der Waals surface area contributed by atoms with Crippen LogP contribution in [0.5, 0.6) is 5.75 Å². The molecule has 204 valence electrons. The lowest BCUT2D eigenvalue weighted by atomic mass is 9.69. The van der Waals surface area contributed by atoms with Gasteiger partial charge in [0.2, 0.25) is 0 Å². The second kappa shape index (κ2) is 11.6. The molecule has 0 bridgehead atoms. The van der Waals surface area contributed by atoms with Crippen molar-refractivity contribution >= 4 is 11.5 Å². The van der Waals surface area contributed by atoms with E-state index in [-0.39, 0.29) is 12.8 Å². The fourth-order valence-electron chi connectivity index (χ4n) is 6.74. The molecule has 1 atom stereocenters. The zero-order valence-electron chi connectivity index (χ0n) is 23.0. The minimum absolute atomic E-state index is 0.124. The lowest BCUT2D eigenvalue weighted by Gasteiger charge is -2.36. The van der Waals surface area contributed by atoms with E-state index in [9.17, 15) is 14.3 Å². The summed E-state index contributed by atoms with van der Waals surface area (Å²) in [6.07, 6.45) is 9.56. The third-order valence-corrected chi connectivity index (χ3v) is 8.93. The molecule has 1 aliphatic heterocycles. The molecular weight excluding hydrogens is 477 g/mol. The molecule has 5 rings (SSSR count). The van der Waals surface area contributed by atoms with E-state index in [1.807, 2.05) is 18.2 Å². The monoisotopic (exact) mass is 519 g/mol. The van der Waals surface area contributed by atoms with Gasteiger partial charge in [-0.15, -0.1) is 0 Å². The highest BCUT2D eigenvalue weighted by Gasteiger charge is 2.32. The van der Waals surface area contributed by atoms with Crippen LogP contribution in [0.25, 0.3) is 5.57 Å². The molecule has 2 aromatic rings. The first-order valence-electron chi connectivity index (χ1n) is 14.5. The number of carboxylic acids is 1. The molecule has 0 spiro atoms. The number of aromatic carboxylic acids is 1. The van der Waals surface area contributed by atoms with Gasteiger partial charge in [0.05, 0.1) is 12.2 Å². The van der Waals surface area contributed by atoms with E-state index >= 15 is 0 Å². The molecule has 5 heteroatoms. The molecule has 3 aliphatic rings. The summed E-state index contributed by atoms with van der Waals surface area (Å²) in [6, 6.07) is 14.2. The average Bonchev–Trinajstić information content (AvgIpc) is 3.25. The first-order valence-corrected chi connectivity index (χ1v) is 14.5. The number of nitrogens with zero attached hydrogens (tertiary/aromatic N) is 1. The third-order valence-electron chi connectivity index (χ3n) is 8.93. The van der Waals surface area contributed by atoms with Crippen molar-refractivity contribution < 1.29 is 19.0 Å². The summed E-state index contributed by atoms with van der Waals surface area (Å²) >= 11 is 0. The minimum atomic E-state index is -0.871. The number of halogens is 1. The molecule has 2 aromatic carbocycles. The summed E-state index contributed by atoms with van der Waals surface area (Å²) in [6.45, 7) is 7.09. The highest BCUT2D eigenvalue weighted by Crippen LogP contribution is 2.47. The topological polar surface area (TPSA) is 49.8 Å². The van der Waals surface area contributed by atoms with Crippen LogP contribution in [0.3, 0.4) is 0 Å².